The number of carbonyl (C=O) groups is 2. The van der Waals surface area contributed by atoms with Crippen molar-refractivity contribution in [3.63, 3.8) is 0 Å². The van der Waals surface area contributed by atoms with E-state index in [1.54, 1.807) is 0 Å². The molecule has 1 saturated carbocycles. The van der Waals surface area contributed by atoms with E-state index in [1.807, 2.05) is 44.2 Å². The van der Waals surface area contributed by atoms with E-state index in [-0.39, 0.29) is 23.7 Å². The van der Waals surface area contributed by atoms with E-state index < -0.39 is 0 Å². The van der Waals surface area contributed by atoms with Crippen LogP contribution in [-0.2, 0) is 9.59 Å². The zero-order valence-corrected chi connectivity index (χ0v) is 11.3. The molecular weight excluding hydrogens is 240 g/mol. The first-order valence-electron chi connectivity index (χ1n) is 6.71. The number of hydrogen-bond acceptors (Lipinski definition) is 2. The summed E-state index contributed by atoms with van der Waals surface area (Å²) in [5.74, 6) is 0.0481. The van der Waals surface area contributed by atoms with E-state index in [4.69, 9.17) is 0 Å². The van der Waals surface area contributed by atoms with Crippen LogP contribution in [0.3, 0.4) is 0 Å². The van der Waals surface area contributed by atoms with Crippen LogP contribution >= 0.6 is 0 Å². The maximum absolute atomic E-state index is 11.9. The van der Waals surface area contributed by atoms with Gasteiger partial charge in [-0.05, 0) is 24.5 Å². The van der Waals surface area contributed by atoms with Crippen molar-refractivity contribution in [2.75, 3.05) is 11.9 Å². The van der Waals surface area contributed by atoms with Crippen molar-refractivity contribution in [2.24, 2.45) is 17.8 Å². The van der Waals surface area contributed by atoms with Gasteiger partial charge >= 0.3 is 0 Å². The summed E-state index contributed by atoms with van der Waals surface area (Å²) >= 11 is 0. The molecule has 4 nitrogen and oxygen atoms in total. The van der Waals surface area contributed by atoms with E-state index >= 15 is 0 Å². The number of anilines is 1. The molecule has 1 aliphatic carbocycles. The Kier molecular flexibility index (Phi) is 4.20. The van der Waals surface area contributed by atoms with Gasteiger partial charge in [0.05, 0.1) is 11.8 Å². The third-order valence-corrected chi connectivity index (χ3v) is 3.19. The molecule has 4 heteroatoms. The van der Waals surface area contributed by atoms with Crippen molar-refractivity contribution in [1.82, 2.24) is 5.32 Å². The second-order valence-corrected chi connectivity index (χ2v) is 5.44. The second-order valence-electron chi connectivity index (χ2n) is 5.44. The van der Waals surface area contributed by atoms with Crippen molar-refractivity contribution >= 4 is 17.5 Å². The molecule has 1 fully saturated rings. The predicted molar refractivity (Wildman–Crippen MR) is 74.5 cm³/mol. The highest BCUT2D eigenvalue weighted by Gasteiger charge is 2.47. The number of hydrogen-bond donors (Lipinski definition) is 2. The van der Waals surface area contributed by atoms with Crippen LogP contribution in [0.4, 0.5) is 5.69 Å². The van der Waals surface area contributed by atoms with Crippen LogP contribution in [-0.4, -0.2) is 18.4 Å². The number of nitrogens with one attached hydrogen (secondary N) is 2. The highest BCUT2D eigenvalue weighted by molar-refractivity contribution is 5.99. The first-order chi connectivity index (χ1) is 9.08. The number of carbonyl (C=O) groups excluding carboxylic acids is 2. The Balaban J connectivity index is 1.79. The molecule has 102 valence electrons. The molecule has 2 N–H and O–H groups in total. The average Bonchev–Trinajstić information content (AvgIpc) is 3.17. The molecule has 2 rings (SSSR count). The first kappa shape index (κ1) is 13.6. The molecule has 0 bridgehead atoms. The summed E-state index contributed by atoms with van der Waals surface area (Å²) in [7, 11) is 0. The Labute approximate surface area is 113 Å². The number of benzene rings is 1. The average molecular weight is 260 g/mol. The van der Waals surface area contributed by atoms with E-state index in [0.717, 1.165) is 5.69 Å². The van der Waals surface area contributed by atoms with Gasteiger partial charge in [-0.3, -0.25) is 9.59 Å². The molecular formula is C15H20N2O2. The third kappa shape index (κ3) is 3.81. The number of rotatable bonds is 5. The Hall–Kier alpha value is -1.84. The maximum Gasteiger partial charge on any atom is 0.228 e. The summed E-state index contributed by atoms with van der Waals surface area (Å²) in [5.41, 5.74) is 0.778. The fourth-order valence-electron chi connectivity index (χ4n) is 1.97. The van der Waals surface area contributed by atoms with Gasteiger partial charge in [0, 0.05) is 12.2 Å². The van der Waals surface area contributed by atoms with Crippen LogP contribution in [0.15, 0.2) is 30.3 Å². The van der Waals surface area contributed by atoms with Crippen molar-refractivity contribution in [2.45, 2.75) is 20.3 Å². The van der Waals surface area contributed by atoms with Crippen LogP contribution in [0.25, 0.3) is 0 Å². The zero-order valence-electron chi connectivity index (χ0n) is 11.3. The smallest absolute Gasteiger partial charge is 0.228 e. The Morgan fingerprint density at radius 3 is 2.42 bits per heavy atom. The van der Waals surface area contributed by atoms with E-state index in [1.165, 1.54) is 0 Å². The molecule has 2 amide bonds. The van der Waals surface area contributed by atoms with Crippen molar-refractivity contribution in [3.05, 3.63) is 30.3 Å². The van der Waals surface area contributed by atoms with Crippen molar-refractivity contribution < 1.29 is 9.59 Å². The fourth-order valence-corrected chi connectivity index (χ4v) is 1.97. The molecule has 0 spiro atoms. The van der Waals surface area contributed by atoms with Crippen LogP contribution in [0, 0.1) is 17.8 Å². The van der Waals surface area contributed by atoms with Crippen molar-refractivity contribution in [1.29, 1.82) is 0 Å². The minimum Gasteiger partial charge on any atom is -0.356 e. The minimum absolute atomic E-state index is 0.00177. The molecule has 0 heterocycles. The highest BCUT2D eigenvalue weighted by atomic mass is 16.2. The lowest BCUT2D eigenvalue weighted by atomic mass is 10.2. The SMILES string of the molecule is CC(C)CNC(=O)C1CC1C(=O)Nc1ccccc1. The summed E-state index contributed by atoms with van der Waals surface area (Å²) < 4.78 is 0. The van der Waals surface area contributed by atoms with Gasteiger partial charge < -0.3 is 10.6 Å². The fraction of sp³-hybridized carbons (Fsp3) is 0.467. The van der Waals surface area contributed by atoms with E-state index in [2.05, 4.69) is 10.6 Å². The van der Waals surface area contributed by atoms with E-state index in [0.29, 0.717) is 18.9 Å². The van der Waals surface area contributed by atoms with Gasteiger partial charge in [-0.2, -0.15) is 0 Å². The summed E-state index contributed by atoms with van der Waals surface area (Å²) in [6.07, 6.45) is 0.655. The lowest BCUT2D eigenvalue weighted by Gasteiger charge is -2.07. The minimum atomic E-state index is -0.174. The van der Waals surface area contributed by atoms with Gasteiger partial charge in [0.15, 0.2) is 0 Å². The number of amides is 2. The van der Waals surface area contributed by atoms with Crippen LogP contribution < -0.4 is 10.6 Å². The molecule has 1 aromatic rings. The van der Waals surface area contributed by atoms with Gasteiger partial charge in [-0.25, -0.2) is 0 Å². The first-order valence-corrected chi connectivity index (χ1v) is 6.71. The molecule has 0 aliphatic heterocycles. The highest BCUT2D eigenvalue weighted by Crippen LogP contribution is 2.39. The van der Waals surface area contributed by atoms with E-state index in [9.17, 15) is 9.59 Å². The molecule has 0 radical (unpaired) electrons. The molecule has 2 atom stereocenters. The van der Waals surface area contributed by atoms with Gasteiger partial charge in [0.2, 0.25) is 11.8 Å². The monoisotopic (exact) mass is 260 g/mol. The second kappa shape index (κ2) is 5.87. The maximum atomic E-state index is 11.9. The summed E-state index contributed by atoms with van der Waals surface area (Å²) in [4.78, 5) is 23.7. The third-order valence-electron chi connectivity index (χ3n) is 3.19. The Bertz CT molecular complexity index is 456. The topological polar surface area (TPSA) is 58.2 Å². The van der Waals surface area contributed by atoms with Gasteiger partial charge in [-0.1, -0.05) is 32.0 Å². The molecule has 19 heavy (non-hydrogen) atoms. The Morgan fingerprint density at radius 2 is 1.79 bits per heavy atom. The molecule has 0 aromatic heterocycles. The number of para-hydroxylation sites is 1. The van der Waals surface area contributed by atoms with Crippen LogP contribution in [0.1, 0.15) is 20.3 Å². The summed E-state index contributed by atoms with van der Waals surface area (Å²) in [5, 5.41) is 5.71. The van der Waals surface area contributed by atoms with Gasteiger partial charge in [-0.15, -0.1) is 0 Å². The molecule has 0 saturated heterocycles. The molecule has 1 aliphatic rings. The van der Waals surface area contributed by atoms with Gasteiger partial charge in [0.25, 0.3) is 0 Å². The standard InChI is InChI=1S/C15H20N2O2/c1-10(2)9-16-14(18)12-8-13(12)15(19)17-11-6-4-3-5-7-11/h3-7,10,12-13H,8-9H2,1-2H3,(H,16,18)(H,17,19). The molecule has 1 aromatic carbocycles. The van der Waals surface area contributed by atoms with Crippen LogP contribution in [0.5, 0.6) is 0 Å². The summed E-state index contributed by atoms with van der Waals surface area (Å²) in [6, 6.07) is 9.32. The van der Waals surface area contributed by atoms with Crippen molar-refractivity contribution in [3.8, 4) is 0 Å². The quantitative estimate of drug-likeness (QED) is 0.851. The predicted octanol–water partition coefficient (Wildman–Crippen LogP) is 2.03. The Morgan fingerprint density at radius 1 is 1.16 bits per heavy atom. The largest absolute Gasteiger partial charge is 0.356 e. The van der Waals surface area contributed by atoms with Crippen LogP contribution in [0.2, 0.25) is 0 Å². The van der Waals surface area contributed by atoms with Gasteiger partial charge in [0.1, 0.15) is 0 Å². The molecule has 2 unspecified atom stereocenters. The normalized spacial score (nSPS) is 21.0. The summed E-state index contributed by atoms with van der Waals surface area (Å²) in [6.45, 7) is 4.77. The zero-order chi connectivity index (χ0) is 13.8. The lowest BCUT2D eigenvalue weighted by Crippen LogP contribution is -2.30. The lowest BCUT2D eigenvalue weighted by molar-refractivity contribution is -0.125.